The van der Waals surface area contributed by atoms with Crippen LogP contribution in [0.2, 0.25) is 0 Å². The van der Waals surface area contributed by atoms with Crippen LogP contribution >= 0.6 is 0 Å². The van der Waals surface area contributed by atoms with Crippen molar-refractivity contribution in [3.05, 3.63) is 53.2 Å². The van der Waals surface area contributed by atoms with Crippen LogP contribution in [0.3, 0.4) is 0 Å². The number of halogens is 4. The molecule has 184 valence electrons. The molecule has 0 unspecified atom stereocenters. The van der Waals surface area contributed by atoms with E-state index in [1.54, 1.807) is 13.1 Å². The van der Waals surface area contributed by atoms with E-state index in [9.17, 15) is 21.6 Å². The fourth-order valence-corrected chi connectivity index (χ4v) is 5.40. The Hall–Kier alpha value is -2.46. The van der Waals surface area contributed by atoms with Gasteiger partial charge in [0.05, 0.1) is 5.25 Å². The van der Waals surface area contributed by atoms with Crippen LogP contribution in [0.15, 0.2) is 30.6 Å². The lowest BCUT2D eigenvalue weighted by atomic mass is 9.96. The van der Waals surface area contributed by atoms with E-state index in [1.165, 1.54) is 18.2 Å². The maximum Gasteiger partial charge on any atom is 0.433 e. The Morgan fingerprint density at radius 3 is 2.38 bits per heavy atom. The smallest absolute Gasteiger partial charge is 0.347 e. The van der Waals surface area contributed by atoms with Gasteiger partial charge in [-0.25, -0.2) is 17.5 Å². The average molecular weight is 498 g/mol. The third-order valence-electron chi connectivity index (χ3n) is 5.71. The van der Waals surface area contributed by atoms with Crippen LogP contribution in [0.25, 0.3) is 22.0 Å². The summed E-state index contributed by atoms with van der Waals surface area (Å²) in [6.45, 7) is 8.09. The maximum atomic E-state index is 15.3. The number of pyridine rings is 1. The fraction of sp³-hybridized carbons (Fsp3) is 0.458. The second-order valence-electron chi connectivity index (χ2n) is 10.2. The van der Waals surface area contributed by atoms with Crippen molar-refractivity contribution in [2.75, 3.05) is 0 Å². The Morgan fingerprint density at radius 1 is 1.12 bits per heavy atom. The molecular formula is C24H27F4N3O2S. The van der Waals surface area contributed by atoms with Crippen molar-refractivity contribution in [1.29, 1.82) is 0 Å². The number of sulfonamides is 1. The molecule has 1 fully saturated rings. The second-order valence-corrected chi connectivity index (χ2v) is 12.2. The number of alkyl halides is 3. The minimum Gasteiger partial charge on any atom is -0.347 e. The number of aromatic nitrogens is 2. The molecule has 1 N–H and O–H groups in total. The van der Waals surface area contributed by atoms with Crippen molar-refractivity contribution >= 4 is 20.9 Å². The zero-order chi connectivity index (χ0) is 25.1. The van der Waals surface area contributed by atoms with Gasteiger partial charge in [0.2, 0.25) is 10.0 Å². The zero-order valence-electron chi connectivity index (χ0n) is 19.4. The minimum absolute atomic E-state index is 0.0228. The molecule has 0 aliphatic heterocycles. The highest BCUT2D eigenvalue weighted by molar-refractivity contribution is 7.90. The topological polar surface area (TPSA) is 64.0 Å². The monoisotopic (exact) mass is 497 g/mol. The van der Waals surface area contributed by atoms with E-state index in [1.807, 2.05) is 25.3 Å². The third kappa shape index (κ3) is 5.12. The van der Waals surface area contributed by atoms with Gasteiger partial charge in [0.15, 0.2) is 5.69 Å². The van der Waals surface area contributed by atoms with E-state index in [0.717, 1.165) is 6.20 Å². The van der Waals surface area contributed by atoms with Crippen LogP contribution in [0.5, 0.6) is 0 Å². The molecule has 10 heteroatoms. The van der Waals surface area contributed by atoms with E-state index in [0.29, 0.717) is 41.4 Å². The predicted molar refractivity (Wildman–Crippen MR) is 123 cm³/mol. The maximum absolute atomic E-state index is 15.3. The molecule has 2 aromatic heterocycles. The van der Waals surface area contributed by atoms with Gasteiger partial charge in [0, 0.05) is 47.5 Å². The summed E-state index contributed by atoms with van der Waals surface area (Å²) >= 11 is 0. The molecule has 4 rings (SSSR count). The van der Waals surface area contributed by atoms with E-state index in [2.05, 4.69) is 9.71 Å². The molecule has 0 spiro atoms. The first-order valence-electron chi connectivity index (χ1n) is 11.0. The summed E-state index contributed by atoms with van der Waals surface area (Å²) in [5.41, 5.74) is -0.298. The molecule has 0 amide bonds. The van der Waals surface area contributed by atoms with Gasteiger partial charge in [-0.15, -0.1) is 0 Å². The number of aryl methyl sites for hydroxylation is 1. The number of hydrogen-bond donors (Lipinski definition) is 1. The first-order chi connectivity index (χ1) is 15.7. The zero-order valence-corrected chi connectivity index (χ0v) is 20.2. The molecule has 3 aromatic rings. The molecular weight excluding hydrogens is 470 g/mol. The Balaban J connectivity index is 1.87. The van der Waals surface area contributed by atoms with Crippen LogP contribution < -0.4 is 4.72 Å². The standard InChI is InChI=1S/C24H27F4N3O2S/c1-14-7-19(22(29-10-14)24(26,27)28)18-9-21-17(8-20(18)25)15(12-31(21)13-23(2,3)4)11-30-34(32,33)16-5-6-16/h7-10,12,16,30H,5-6,11,13H2,1-4H3. The van der Waals surface area contributed by atoms with Gasteiger partial charge < -0.3 is 4.57 Å². The Morgan fingerprint density at radius 2 is 1.79 bits per heavy atom. The first-order valence-corrected chi connectivity index (χ1v) is 12.5. The van der Waals surface area contributed by atoms with Crippen LogP contribution in [0, 0.1) is 18.2 Å². The van der Waals surface area contributed by atoms with Gasteiger partial charge in [0.1, 0.15) is 5.82 Å². The average Bonchev–Trinajstić information content (AvgIpc) is 3.50. The van der Waals surface area contributed by atoms with E-state index >= 15 is 4.39 Å². The Labute approximate surface area is 196 Å². The van der Waals surface area contributed by atoms with Crippen molar-refractivity contribution in [3.63, 3.8) is 0 Å². The molecule has 2 heterocycles. The highest BCUT2D eigenvalue weighted by Gasteiger charge is 2.37. The van der Waals surface area contributed by atoms with Gasteiger partial charge in [-0.2, -0.15) is 13.2 Å². The van der Waals surface area contributed by atoms with Crippen LogP contribution in [-0.4, -0.2) is 23.2 Å². The van der Waals surface area contributed by atoms with Gasteiger partial charge in [-0.3, -0.25) is 4.98 Å². The van der Waals surface area contributed by atoms with Crippen molar-refractivity contribution in [1.82, 2.24) is 14.3 Å². The second kappa shape index (κ2) is 8.34. The van der Waals surface area contributed by atoms with E-state index < -0.39 is 33.0 Å². The van der Waals surface area contributed by atoms with E-state index in [4.69, 9.17) is 0 Å². The summed E-state index contributed by atoms with van der Waals surface area (Å²) < 4.78 is 85.3. The van der Waals surface area contributed by atoms with Crippen molar-refractivity contribution in [2.24, 2.45) is 5.41 Å². The van der Waals surface area contributed by atoms with Crippen LogP contribution in [0.1, 0.15) is 50.4 Å². The molecule has 1 aromatic carbocycles. The van der Waals surface area contributed by atoms with Gasteiger partial charge in [-0.05, 0) is 54.5 Å². The lowest BCUT2D eigenvalue weighted by Crippen LogP contribution is -2.26. The summed E-state index contributed by atoms with van der Waals surface area (Å²) in [6.07, 6.45) is -0.663. The molecule has 1 aliphatic rings. The lowest BCUT2D eigenvalue weighted by molar-refractivity contribution is -0.140. The number of fused-ring (bicyclic) bond motifs is 1. The molecule has 0 saturated heterocycles. The summed E-state index contributed by atoms with van der Waals surface area (Å²) in [5.74, 6) is -0.829. The fourth-order valence-electron chi connectivity index (χ4n) is 4.05. The third-order valence-corrected chi connectivity index (χ3v) is 7.60. The normalized spacial score (nSPS) is 15.3. The number of nitrogens with one attached hydrogen (secondary N) is 1. The van der Waals surface area contributed by atoms with Crippen molar-refractivity contribution in [3.8, 4) is 11.1 Å². The minimum atomic E-state index is -4.75. The highest BCUT2D eigenvalue weighted by Crippen LogP contribution is 2.39. The van der Waals surface area contributed by atoms with Crippen LogP contribution in [-0.2, 0) is 29.3 Å². The molecule has 1 saturated carbocycles. The molecule has 34 heavy (non-hydrogen) atoms. The molecule has 0 atom stereocenters. The first kappa shape index (κ1) is 24.7. The number of benzene rings is 1. The quantitative estimate of drug-likeness (QED) is 0.438. The van der Waals surface area contributed by atoms with E-state index in [-0.39, 0.29) is 23.1 Å². The highest BCUT2D eigenvalue weighted by atomic mass is 32.2. The molecule has 5 nitrogen and oxygen atoms in total. The number of hydrogen-bond acceptors (Lipinski definition) is 3. The molecule has 1 aliphatic carbocycles. The summed E-state index contributed by atoms with van der Waals surface area (Å²) in [5, 5.41) is 0.0616. The number of nitrogens with zero attached hydrogens (tertiary/aromatic N) is 2. The van der Waals surface area contributed by atoms with Crippen molar-refractivity contribution in [2.45, 2.75) is 65.1 Å². The van der Waals surface area contributed by atoms with Crippen LogP contribution in [0.4, 0.5) is 17.6 Å². The summed E-state index contributed by atoms with van der Waals surface area (Å²) in [4.78, 5) is 3.54. The van der Waals surface area contributed by atoms with Crippen molar-refractivity contribution < 1.29 is 26.0 Å². The van der Waals surface area contributed by atoms with Gasteiger partial charge in [-0.1, -0.05) is 20.8 Å². The lowest BCUT2D eigenvalue weighted by Gasteiger charge is -2.20. The summed E-state index contributed by atoms with van der Waals surface area (Å²) in [7, 11) is -3.45. The van der Waals surface area contributed by atoms with Gasteiger partial charge >= 0.3 is 6.18 Å². The largest absolute Gasteiger partial charge is 0.433 e. The Kier molecular flexibility index (Phi) is 6.05. The SMILES string of the molecule is Cc1cnc(C(F)(F)F)c(-c2cc3c(cc2F)c(CNS(=O)(=O)C2CC2)cn3CC(C)(C)C)c1. The Bertz CT molecular complexity index is 1350. The molecule has 0 bridgehead atoms. The van der Waals surface area contributed by atoms with Gasteiger partial charge in [0.25, 0.3) is 0 Å². The number of rotatable bonds is 6. The molecule has 0 radical (unpaired) electrons. The predicted octanol–water partition coefficient (Wildman–Crippen LogP) is 5.80. The summed E-state index contributed by atoms with van der Waals surface area (Å²) in [6, 6.07) is 3.87.